The van der Waals surface area contributed by atoms with Gasteiger partial charge in [-0.1, -0.05) is 12.1 Å². The predicted molar refractivity (Wildman–Crippen MR) is 112 cm³/mol. The molecule has 0 spiro atoms. The quantitative estimate of drug-likeness (QED) is 0.574. The van der Waals surface area contributed by atoms with Gasteiger partial charge < -0.3 is 10.1 Å². The molecule has 2 N–H and O–H groups in total. The van der Waals surface area contributed by atoms with E-state index in [0.29, 0.717) is 5.56 Å². The molecule has 0 atom stereocenters. The van der Waals surface area contributed by atoms with Gasteiger partial charge in [-0.15, -0.1) is 0 Å². The Morgan fingerprint density at radius 2 is 1.84 bits per heavy atom. The Hall–Kier alpha value is -3.36. The van der Waals surface area contributed by atoms with Crippen molar-refractivity contribution < 1.29 is 31.1 Å². The molecule has 0 aromatic heterocycles. The van der Waals surface area contributed by atoms with E-state index < -0.39 is 28.7 Å². The minimum Gasteiger partial charge on any atom is -0.483 e. The third kappa shape index (κ3) is 7.72. The number of anilines is 1. The second kappa shape index (κ2) is 10.3. The highest BCUT2D eigenvalue weighted by Gasteiger charge is 2.28. The van der Waals surface area contributed by atoms with Gasteiger partial charge in [-0.25, -0.2) is 13.1 Å². The van der Waals surface area contributed by atoms with Gasteiger partial charge in [0.05, 0.1) is 10.5 Å². The number of nitrogens with one attached hydrogen (secondary N) is 2. The molecule has 0 bridgehead atoms. The Bertz CT molecular complexity index is 1140. The molecular formula is C21H20F3N3O4S. The minimum atomic E-state index is -4.54. The summed E-state index contributed by atoms with van der Waals surface area (Å²) in [6, 6.07) is 11.0. The largest absolute Gasteiger partial charge is 0.483 e. The van der Waals surface area contributed by atoms with Crippen LogP contribution in [0.4, 0.5) is 18.9 Å². The zero-order chi connectivity index (χ0) is 23.9. The summed E-state index contributed by atoms with van der Waals surface area (Å²) in [6.45, 7) is 1.87. The average molecular weight is 467 g/mol. The minimum absolute atomic E-state index is 0.0877. The van der Waals surface area contributed by atoms with E-state index in [1.807, 2.05) is 0 Å². The van der Waals surface area contributed by atoms with E-state index in [1.165, 1.54) is 48.6 Å². The van der Waals surface area contributed by atoms with Crippen LogP contribution in [0.25, 0.3) is 6.08 Å². The predicted octanol–water partition coefficient (Wildman–Crippen LogP) is 3.84. The van der Waals surface area contributed by atoms with Crippen molar-refractivity contribution in [3.63, 3.8) is 0 Å². The maximum atomic E-state index is 12.3. The van der Waals surface area contributed by atoms with Crippen LogP contribution >= 0.6 is 0 Å². The van der Waals surface area contributed by atoms with Gasteiger partial charge in [-0.2, -0.15) is 18.4 Å². The van der Waals surface area contributed by atoms with E-state index in [-0.39, 0.29) is 27.9 Å². The summed E-state index contributed by atoms with van der Waals surface area (Å²) in [6.07, 6.45) is -1.90. The van der Waals surface area contributed by atoms with Crippen molar-refractivity contribution in [1.29, 1.82) is 5.26 Å². The van der Waals surface area contributed by atoms with Crippen LogP contribution in [0.2, 0.25) is 0 Å². The topological polar surface area (TPSA) is 108 Å². The molecule has 11 heteroatoms. The summed E-state index contributed by atoms with van der Waals surface area (Å²) in [5.74, 6) is -0.809. The maximum absolute atomic E-state index is 12.3. The van der Waals surface area contributed by atoms with Gasteiger partial charge in [0.15, 0.2) is 6.61 Å². The Morgan fingerprint density at radius 3 is 2.41 bits per heavy atom. The van der Waals surface area contributed by atoms with Gasteiger partial charge in [-0.05, 0) is 55.8 Å². The van der Waals surface area contributed by atoms with Crippen LogP contribution in [0, 0.1) is 11.3 Å². The molecule has 2 aromatic rings. The molecule has 0 heterocycles. The Balaban J connectivity index is 2.04. The first-order valence-electron chi connectivity index (χ1n) is 9.25. The highest BCUT2D eigenvalue weighted by Crippen LogP contribution is 2.25. The summed E-state index contributed by atoms with van der Waals surface area (Å²) in [5.41, 5.74) is 0.594. The van der Waals surface area contributed by atoms with Gasteiger partial charge >= 0.3 is 6.18 Å². The highest BCUT2D eigenvalue weighted by molar-refractivity contribution is 7.89. The molecule has 0 radical (unpaired) electrons. The molecule has 0 aliphatic heterocycles. The van der Waals surface area contributed by atoms with Gasteiger partial charge in [-0.3, -0.25) is 4.79 Å². The maximum Gasteiger partial charge on any atom is 0.422 e. The molecule has 32 heavy (non-hydrogen) atoms. The molecule has 2 aromatic carbocycles. The summed E-state index contributed by atoms with van der Waals surface area (Å²) >= 11 is 0. The standard InChI is InChI=1S/C21H20F3N3O4S/c1-14(2)27-32(29,30)18-7-3-15(4-8-18)5-10-20(28)26-17-6-9-19(16(11-17)12-25)31-13-21(22,23)24/h3-11,14,27H,13H2,1-2H3,(H,26,28)/b10-5+. The smallest absolute Gasteiger partial charge is 0.422 e. The monoisotopic (exact) mass is 467 g/mol. The van der Waals surface area contributed by atoms with Gasteiger partial charge in [0.25, 0.3) is 0 Å². The molecule has 7 nitrogen and oxygen atoms in total. The normalized spacial score (nSPS) is 12.0. The van der Waals surface area contributed by atoms with E-state index >= 15 is 0 Å². The fourth-order valence-corrected chi connectivity index (χ4v) is 3.72. The molecule has 0 fully saturated rings. The lowest BCUT2D eigenvalue weighted by Gasteiger charge is -2.11. The number of carbonyl (C=O) groups excluding carboxylic acids is 1. The second-order valence-corrected chi connectivity index (χ2v) is 8.61. The van der Waals surface area contributed by atoms with Crippen molar-refractivity contribution in [2.45, 2.75) is 31.0 Å². The van der Waals surface area contributed by atoms with E-state index in [2.05, 4.69) is 14.8 Å². The zero-order valence-corrected chi connectivity index (χ0v) is 17.9. The Morgan fingerprint density at radius 1 is 1.19 bits per heavy atom. The van der Waals surface area contributed by atoms with Gasteiger partial charge in [0.1, 0.15) is 11.8 Å². The third-order valence-corrected chi connectivity index (χ3v) is 5.44. The van der Waals surface area contributed by atoms with E-state index in [0.717, 1.165) is 6.07 Å². The number of rotatable bonds is 8. The lowest BCUT2D eigenvalue weighted by atomic mass is 10.2. The van der Waals surface area contributed by atoms with Crippen LogP contribution in [-0.4, -0.2) is 33.1 Å². The van der Waals surface area contributed by atoms with E-state index in [4.69, 9.17) is 5.26 Å². The average Bonchev–Trinajstić information content (AvgIpc) is 2.70. The number of amides is 1. The first-order valence-corrected chi connectivity index (χ1v) is 10.7. The third-order valence-electron chi connectivity index (χ3n) is 3.77. The van der Waals surface area contributed by atoms with Crippen molar-refractivity contribution in [2.24, 2.45) is 0 Å². The van der Waals surface area contributed by atoms with Gasteiger partial charge in [0.2, 0.25) is 15.9 Å². The molecule has 0 saturated heterocycles. The molecule has 2 rings (SSSR count). The van der Waals surface area contributed by atoms with E-state index in [1.54, 1.807) is 19.9 Å². The van der Waals surface area contributed by atoms with Crippen LogP contribution in [0.1, 0.15) is 25.0 Å². The van der Waals surface area contributed by atoms with Crippen LogP contribution < -0.4 is 14.8 Å². The van der Waals surface area contributed by atoms with E-state index in [9.17, 15) is 26.4 Å². The lowest BCUT2D eigenvalue weighted by molar-refractivity contribution is -0.153. The first-order chi connectivity index (χ1) is 14.9. The molecule has 0 aliphatic carbocycles. The fourth-order valence-electron chi connectivity index (χ4n) is 2.47. The van der Waals surface area contributed by atoms with Crippen molar-refractivity contribution >= 4 is 27.7 Å². The number of hydrogen-bond acceptors (Lipinski definition) is 5. The van der Waals surface area contributed by atoms with Crippen molar-refractivity contribution in [3.05, 3.63) is 59.7 Å². The first kappa shape index (κ1) is 24.9. The molecular weight excluding hydrogens is 447 g/mol. The number of hydrogen-bond donors (Lipinski definition) is 2. The molecule has 0 saturated carbocycles. The summed E-state index contributed by atoms with van der Waals surface area (Å²) in [5, 5.41) is 11.6. The highest BCUT2D eigenvalue weighted by atomic mass is 32.2. The number of nitrogens with zero attached hydrogens (tertiary/aromatic N) is 1. The number of ether oxygens (including phenoxy) is 1. The number of sulfonamides is 1. The number of carbonyl (C=O) groups is 1. The van der Waals surface area contributed by atoms with Crippen LogP contribution in [0.15, 0.2) is 53.4 Å². The number of alkyl halides is 3. The molecule has 0 aliphatic rings. The van der Waals surface area contributed by atoms with Crippen molar-refractivity contribution in [2.75, 3.05) is 11.9 Å². The Labute approximate surface area is 183 Å². The number of nitriles is 1. The second-order valence-electron chi connectivity index (χ2n) is 6.89. The molecule has 0 unspecified atom stereocenters. The molecule has 1 amide bonds. The number of benzene rings is 2. The summed E-state index contributed by atoms with van der Waals surface area (Å²) in [7, 11) is -3.62. The van der Waals surface area contributed by atoms with Crippen molar-refractivity contribution in [3.8, 4) is 11.8 Å². The SMILES string of the molecule is CC(C)NS(=O)(=O)c1ccc(/C=C/C(=O)Nc2ccc(OCC(F)(F)F)c(C#N)c2)cc1. The van der Waals surface area contributed by atoms with Gasteiger partial charge in [0, 0.05) is 17.8 Å². The molecule has 170 valence electrons. The lowest BCUT2D eigenvalue weighted by Crippen LogP contribution is -2.30. The van der Waals surface area contributed by atoms with Crippen LogP contribution in [-0.2, 0) is 14.8 Å². The zero-order valence-electron chi connectivity index (χ0n) is 17.1. The Kier molecular flexibility index (Phi) is 8.02. The number of halogens is 3. The summed E-state index contributed by atoms with van der Waals surface area (Å²) < 4.78 is 68.1. The van der Waals surface area contributed by atoms with Crippen molar-refractivity contribution in [1.82, 2.24) is 4.72 Å². The fraction of sp³-hybridized carbons (Fsp3) is 0.238. The van der Waals surface area contributed by atoms with Crippen LogP contribution in [0.5, 0.6) is 5.75 Å². The van der Waals surface area contributed by atoms with Crippen LogP contribution in [0.3, 0.4) is 0 Å². The summed E-state index contributed by atoms with van der Waals surface area (Å²) in [4.78, 5) is 12.2.